The summed E-state index contributed by atoms with van der Waals surface area (Å²) in [5.41, 5.74) is -0.539. The van der Waals surface area contributed by atoms with Crippen molar-refractivity contribution in [3.8, 4) is 0 Å². The van der Waals surface area contributed by atoms with Crippen LogP contribution in [-0.2, 0) is 9.05 Å². The largest absolute Gasteiger partial charge is 0.381 e. The van der Waals surface area contributed by atoms with Crippen molar-refractivity contribution in [2.75, 3.05) is 0 Å². The molecule has 0 saturated heterocycles. The highest BCUT2D eigenvalue weighted by atomic mass is 31.2. The normalized spacial score (nSPS) is 19.3. The second-order valence-corrected chi connectivity index (χ2v) is 10.8. The lowest BCUT2D eigenvalue weighted by Crippen LogP contribution is -2.52. The fourth-order valence-corrected chi connectivity index (χ4v) is 7.62. The van der Waals surface area contributed by atoms with Gasteiger partial charge in [-0.3, -0.25) is 0 Å². The second kappa shape index (κ2) is 10.9. The first-order valence-electron chi connectivity index (χ1n) is 9.87. The van der Waals surface area contributed by atoms with Crippen molar-refractivity contribution >= 4 is 24.0 Å². The third-order valence-corrected chi connectivity index (χ3v) is 11.0. The van der Waals surface area contributed by atoms with Crippen LogP contribution in [0.15, 0.2) is 0 Å². The molecule has 2 N–H and O–H groups in total. The van der Waals surface area contributed by atoms with E-state index in [0.717, 1.165) is 25.7 Å². The van der Waals surface area contributed by atoms with Gasteiger partial charge in [0.05, 0.1) is 11.7 Å². The molecule has 0 aliphatic rings. The van der Waals surface area contributed by atoms with Crippen LogP contribution in [0.4, 0.5) is 0 Å². The van der Waals surface area contributed by atoms with Crippen LogP contribution in [0.2, 0.25) is 0 Å². The molecule has 0 amide bonds. The molecule has 0 saturated carbocycles. The molecule has 150 valence electrons. The summed E-state index contributed by atoms with van der Waals surface area (Å²) in [6.45, 7) is 16.6. The van der Waals surface area contributed by atoms with E-state index in [0.29, 0.717) is 12.8 Å². The number of hydrogen-bond donors (Lipinski definition) is 2. The van der Waals surface area contributed by atoms with E-state index >= 15 is 0 Å². The topological polar surface area (TPSA) is 58.9 Å². The monoisotopic (exact) mass is 394 g/mol. The van der Waals surface area contributed by atoms with Crippen LogP contribution in [0.5, 0.6) is 0 Å². The molecule has 0 bridgehead atoms. The fraction of sp³-hybridized carbons (Fsp3) is 1.00. The van der Waals surface area contributed by atoms with Crippen molar-refractivity contribution in [1.29, 1.82) is 0 Å². The maximum atomic E-state index is 10.8. The minimum atomic E-state index is -1.93. The average Bonchev–Trinajstić information content (AvgIpc) is 2.61. The highest BCUT2D eigenvalue weighted by Gasteiger charge is 2.53. The number of hydrogen-bond acceptors (Lipinski definition) is 4. The Labute approximate surface area is 159 Å². The Balaban J connectivity index is 5.76. The van der Waals surface area contributed by atoms with Crippen LogP contribution in [0.25, 0.3) is 0 Å². The maximum Gasteiger partial charge on any atom is 0.202 e. The molecule has 0 heterocycles. The van der Waals surface area contributed by atoms with E-state index in [1.54, 1.807) is 0 Å². The Morgan fingerprint density at radius 1 is 0.960 bits per heavy atom. The molecule has 0 radical (unpaired) electrons. The smallest absolute Gasteiger partial charge is 0.202 e. The summed E-state index contributed by atoms with van der Waals surface area (Å²) in [5.74, 6) is 0. The first-order valence-corrected chi connectivity index (χ1v) is 12.8. The number of rotatable bonds is 13. The lowest BCUT2D eigenvalue weighted by molar-refractivity contribution is 0.00514. The molecular formula is C18H41BO4P2. The van der Waals surface area contributed by atoms with Crippen molar-refractivity contribution in [1.82, 2.24) is 0 Å². The number of aliphatic hydroxyl groups is 1. The molecule has 4 atom stereocenters. The van der Waals surface area contributed by atoms with Gasteiger partial charge in [0.25, 0.3) is 0 Å². The van der Waals surface area contributed by atoms with Gasteiger partial charge in [-0.1, -0.05) is 41.5 Å². The quantitative estimate of drug-likeness (QED) is 0.329. The molecule has 0 fully saturated rings. The van der Waals surface area contributed by atoms with Gasteiger partial charge in [0, 0.05) is 5.16 Å². The summed E-state index contributed by atoms with van der Waals surface area (Å²) >= 11 is 0. The van der Waals surface area contributed by atoms with Crippen molar-refractivity contribution < 1.29 is 19.0 Å². The van der Waals surface area contributed by atoms with Gasteiger partial charge in [-0.25, -0.2) is 0 Å². The molecule has 0 aliphatic carbocycles. The Bertz CT molecular complexity index is 378. The minimum Gasteiger partial charge on any atom is -0.381 e. The van der Waals surface area contributed by atoms with E-state index in [4.69, 9.17) is 9.05 Å². The molecule has 0 aromatic rings. The van der Waals surface area contributed by atoms with Crippen LogP contribution >= 0.6 is 16.4 Å². The molecule has 0 aliphatic heterocycles. The van der Waals surface area contributed by atoms with Crippen molar-refractivity contribution in [3.63, 3.8) is 0 Å². The van der Waals surface area contributed by atoms with E-state index in [1.807, 2.05) is 13.8 Å². The molecule has 0 spiro atoms. The zero-order valence-corrected chi connectivity index (χ0v) is 19.7. The predicted octanol–water partition coefficient (Wildman–Crippen LogP) is 5.30. The first-order chi connectivity index (χ1) is 11.6. The fourth-order valence-electron chi connectivity index (χ4n) is 3.50. The summed E-state index contributed by atoms with van der Waals surface area (Å²) in [7, 11) is -0.492. The van der Waals surface area contributed by atoms with E-state index in [2.05, 4.69) is 49.1 Å². The predicted molar refractivity (Wildman–Crippen MR) is 114 cm³/mol. The summed E-state index contributed by atoms with van der Waals surface area (Å²) in [6.07, 6.45) is 4.79. The van der Waals surface area contributed by atoms with Gasteiger partial charge in [-0.2, -0.15) is 0 Å². The van der Waals surface area contributed by atoms with E-state index in [-0.39, 0.29) is 11.3 Å². The van der Waals surface area contributed by atoms with Crippen molar-refractivity contribution in [2.45, 2.75) is 116 Å². The van der Waals surface area contributed by atoms with E-state index < -0.39 is 27.3 Å². The zero-order chi connectivity index (χ0) is 19.9. The average molecular weight is 394 g/mol. The van der Waals surface area contributed by atoms with Crippen molar-refractivity contribution in [2.24, 2.45) is 0 Å². The first kappa shape index (κ1) is 25.8. The van der Waals surface area contributed by atoms with Crippen LogP contribution in [-0.4, -0.2) is 39.8 Å². The molecule has 0 aromatic carbocycles. The Morgan fingerprint density at radius 2 is 1.44 bits per heavy atom. The highest BCUT2D eigenvalue weighted by molar-refractivity contribution is 7.79. The summed E-state index contributed by atoms with van der Waals surface area (Å²) in [5, 5.41) is 9.41. The van der Waals surface area contributed by atoms with E-state index in [9.17, 15) is 10.00 Å². The SMILES string of the molecule is BP(OC(C)CC)C(CC)(CC)C(C)(CC)OP(O)C(O)(CC)CC. The molecule has 0 aromatic heterocycles. The molecular weight excluding hydrogens is 353 g/mol. The zero-order valence-electron chi connectivity index (χ0n) is 17.9. The minimum absolute atomic E-state index is 0.160. The summed E-state index contributed by atoms with van der Waals surface area (Å²) < 4.78 is 12.7. The Kier molecular flexibility index (Phi) is 11.3. The van der Waals surface area contributed by atoms with Gasteiger partial charge < -0.3 is 19.0 Å². The van der Waals surface area contributed by atoms with Gasteiger partial charge in [0.15, 0.2) is 7.57 Å². The van der Waals surface area contributed by atoms with Gasteiger partial charge in [0.1, 0.15) is 5.34 Å². The van der Waals surface area contributed by atoms with E-state index in [1.165, 1.54) is 0 Å². The molecule has 4 unspecified atom stereocenters. The summed E-state index contributed by atoms with van der Waals surface area (Å²) in [4.78, 5) is 10.8. The lowest BCUT2D eigenvalue weighted by atomic mass is 9.82. The molecule has 25 heavy (non-hydrogen) atoms. The lowest BCUT2D eigenvalue weighted by Gasteiger charge is -2.52. The van der Waals surface area contributed by atoms with Crippen LogP contribution in [0, 0.1) is 0 Å². The van der Waals surface area contributed by atoms with Gasteiger partial charge in [-0.05, 0) is 60.4 Å². The van der Waals surface area contributed by atoms with Crippen LogP contribution in [0.3, 0.4) is 0 Å². The Morgan fingerprint density at radius 3 is 1.76 bits per heavy atom. The second-order valence-electron chi connectivity index (χ2n) is 7.20. The standard InChI is InChI=1S/C18H41BO4P2/c1-9-15(7)22-24(19)17(11-3,12-4)16(8,10-2)23-25(21)18(20,13-5)14-6/h15,20-21H,9-14,19H2,1-8H3. The van der Waals surface area contributed by atoms with Crippen LogP contribution < -0.4 is 0 Å². The molecule has 7 heteroatoms. The van der Waals surface area contributed by atoms with Gasteiger partial charge in [0.2, 0.25) is 8.38 Å². The Hall–Kier alpha value is 0.765. The third-order valence-electron chi connectivity index (χ3n) is 6.12. The van der Waals surface area contributed by atoms with Crippen molar-refractivity contribution in [3.05, 3.63) is 0 Å². The maximum absolute atomic E-state index is 10.8. The molecule has 4 nitrogen and oxygen atoms in total. The molecule has 0 rings (SSSR count). The van der Waals surface area contributed by atoms with Gasteiger partial charge >= 0.3 is 0 Å². The highest BCUT2D eigenvalue weighted by Crippen LogP contribution is 2.63. The summed E-state index contributed by atoms with van der Waals surface area (Å²) in [6, 6.07) is 0. The third kappa shape index (κ3) is 5.63. The van der Waals surface area contributed by atoms with Gasteiger partial charge in [-0.15, -0.1) is 0 Å². The van der Waals surface area contributed by atoms with Crippen LogP contribution in [0.1, 0.15) is 93.9 Å².